The van der Waals surface area contributed by atoms with Crippen LogP contribution in [0.3, 0.4) is 0 Å². The Balaban J connectivity index is 1.74. The zero-order valence-electron chi connectivity index (χ0n) is 24.7. The van der Waals surface area contributed by atoms with E-state index in [0.717, 1.165) is 48.8 Å². The van der Waals surface area contributed by atoms with Crippen LogP contribution in [-0.2, 0) is 10.8 Å². The van der Waals surface area contributed by atoms with Crippen molar-refractivity contribution in [1.29, 1.82) is 0 Å². The van der Waals surface area contributed by atoms with Crippen LogP contribution < -0.4 is 5.32 Å². The first kappa shape index (κ1) is 30.0. The summed E-state index contributed by atoms with van der Waals surface area (Å²) in [6.07, 6.45) is 0. The molecule has 0 bridgehead atoms. The number of nitrogens with one attached hydrogen (secondary N) is 1. The second-order valence-corrected chi connectivity index (χ2v) is 15.6. The van der Waals surface area contributed by atoms with Crippen LogP contribution in [-0.4, -0.2) is 17.0 Å². The topological polar surface area (TPSA) is 66.4 Å². The summed E-state index contributed by atoms with van der Waals surface area (Å²) in [7, 11) is 0. The fourth-order valence-electron chi connectivity index (χ4n) is 6.21. The molecule has 2 N–H and O–H groups in total. The van der Waals surface area contributed by atoms with Gasteiger partial charge in [-0.3, -0.25) is 4.79 Å². The van der Waals surface area contributed by atoms with Gasteiger partial charge in [0.05, 0.1) is 11.1 Å². The molecule has 0 aromatic heterocycles. The number of anilines is 1. The molecule has 0 atom stereocenters. The van der Waals surface area contributed by atoms with Gasteiger partial charge < -0.3 is 10.4 Å². The minimum absolute atomic E-state index is 0.0457. The van der Waals surface area contributed by atoms with Gasteiger partial charge in [-0.25, -0.2) is 4.79 Å². The average Bonchev–Trinajstić information content (AvgIpc) is 2.91. The number of hydrogen-bond donors (Lipinski definition) is 2. The Morgan fingerprint density at radius 2 is 1.33 bits per heavy atom. The molecule has 0 unspecified atom stereocenters. The molecule has 6 aromatic rings. The fourth-order valence-corrected chi connectivity index (χ4v) is 8.00. The van der Waals surface area contributed by atoms with Crippen LogP contribution in [0.2, 0.25) is 0 Å². The van der Waals surface area contributed by atoms with Crippen LogP contribution >= 0.6 is 47.8 Å². The highest BCUT2D eigenvalue weighted by molar-refractivity contribution is 9.13. The van der Waals surface area contributed by atoms with Gasteiger partial charge >= 0.3 is 5.97 Å². The first-order valence-corrected chi connectivity index (χ1v) is 16.4. The van der Waals surface area contributed by atoms with Crippen LogP contribution in [0.1, 0.15) is 73.4 Å². The van der Waals surface area contributed by atoms with E-state index in [4.69, 9.17) is 0 Å². The number of rotatable bonds is 3. The summed E-state index contributed by atoms with van der Waals surface area (Å²) in [6, 6.07) is 20.4. The number of carboxylic acids is 1. The Hall–Kier alpha value is -3.00. The number of carbonyl (C=O) groups is 2. The van der Waals surface area contributed by atoms with Crippen molar-refractivity contribution < 1.29 is 14.7 Å². The van der Waals surface area contributed by atoms with E-state index in [-0.39, 0.29) is 27.9 Å². The van der Waals surface area contributed by atoms with Crippen molar-refractivity contribution >= 4 is 108 Å². The molecule has 43 heavy (non-hydrogen) atoms. The Kier molecular flexibility index (Phi) is 7.19. The smallest absolute Gasteiger partial charge is 0.337 e. The van der Waals surface area contributed by atoms with E-state index < -0.39 is 5.97 Å². The summed E-state index contributed by atoms with van der Waals surface area (Å²) in [5, 5.41) is 20.7. The predicted molar refractivity (Wildman–Crippen MR) is 190 cm³/mol. The Labute approximate surface area is 275 Å². The lowest BCUT2D eigenvalue weighted by molar-refractivity contribution is 0.0698. The third-order valence-electron chi connectivity index (χ3n) is 8.26. The molecule has 6 rings (SSSR count). The number of fused-ring (bicyclic) bond motifs is 2. The SMILES string of the molecule is CC(C)(C)c1ccc(C(C)(C)C)c(NC(=O)c2c(Br)c(Br)c3c4cccc5cccc(c6cc(Br)c(C(=O)O)c2c63)c54)c1. The monoisotopic (exact) mass is 761 g/mol. The quantitative estimate of drug-likeness (QED) is 0.139. The van der Waals surface area contributed by atoms with Crippen molar-refractivity contribution in [3.05, 3.63) is 96.3 Å². The van der Waals surface area contributed by atoms with Crippen molar-refractivity contribution in [2.75, 3.05) is 5.32 Å². The summed E-state index contributed by atoms with van der Waals surface area (Å²) in [5.74, 6) is -1.51. The average molecular weight is 764 g/mol. The maximum Gasteiger partial charge on any atom is 0.337 e. The van der Waals surface area contributed by atoms with Crippen molar-refractivity contribution in [3.8, 4) is 0 Å². The third-order valence-corrected chi connectivity index (χ3v) is 11.0. The number of amides is 1. The largest absolute Gasteiger partial charge is 0.478 e. The molecule has 0 fully saturated rings. The first-order chi connectivity index (χ1) is 20.1. The van der Waals surface area contributed by atoms with Crippen LogP contribution in [0.5, 0.6) is 0 Å². The Morgan fingerprint density at radius 3 is 1.93 bits per heavy atom. The van der Waals surface area contributed by atoms with Crippen LogP contribution in [0, 0.1) is 0 Å². The zero-order chi connectivity index (χ0) is 31.2. The van der Waals surface area contributed by atoms with Gasteiger partial charge in [0.25, 0.3) is 5.91 Å². The second-order valence-electron chi connectivity index (χ2n) is 13.1. The van der Waals surface area contributed by atoms with Crippen LogP contribution in [0.4, 0.5) is 5.69 Å². The minimum Gasteiger partial charge on any atom is -0.478 e. The predicted octanol–water partition coefficient (Wildman–Crippen LogP) is 11.6. The number of benzene rings is 6. The van der Waals surface area contributed by atoms with Gasteiger partial charge in [0.15, 0.2) is 0 Å². The van der Waals surface area contributed by atoms with E-state index in [2.05, 4.69) is 131 Å². The first-order valence-electron chi connectivity index (χ1n) is 14.0. The summed E-state index contributed by atoms with van der Waals surface area (Å²) < 4.78 is 1.62. The molecular weight excluding hydrogens is 734 g/mol. The van der Waals surface area contributed by atoms with Crippen LogP contribution in [0.15, 0.2) is 74.1 Å². The third kappa shape index (κ3) is 4.75. The van der Waals surface area contributed by atoms with Crippen molar-refractivity contribution in [3.63, 3.8) is 0 Å². The van der Waals surface area contributed by atoms with Gasteiger partial charge in [0.1, 0.15) is 0 Å². The van der Waals surface area contributed by atoms with Crippen molar-refractivity contribution in [1.82, 2.24) is 0 Å². The maximum absolute atomic E-state index is 14.5. The van der Waals surface area contributed by atoms with Gasteiger partial charge in [-0.2, -0.15) is 0 Å². The lowest BCUT2D eigenvalue weighted by Crippen LogP contribution is -2.21. The molecule has 0 radical (unpaired) electrons. The van der Waals surface area contributed by atoms with E-state index in [1.54, 1.807) is 0 Å². The number of halogens is 3. The standard InChI is InChI=1S/C36H30Br3NO3/c1-35(2,3)18-13-14-22(36(4,5)6)24(15-18)40-33(41)30-29-26-21(16-23(37)28(29)34(42)43)19-11-7-9-17-10-8-12-20(25(17)19)27(26)31(38)32(30)39/h7-16H,1-6H3,(H,40,41)(H,42,43). The van der Waals surface area contributed by atoms with Crippen LogP contribution in [0.25, 0.3) is 43.1 Å². The molecule has 6 aromatic carbocycles. The van der Waals surface area contributed by atoms with Gasteiger partial charge in [-0.1, -0.05) is 90.1 Å². The molecule has 4 nitrogen and oxygen atoms in total. The highest BCUT2D eigenvalue weighted by atomic mass is 79.9. The van der Waals surface area contributed by atoms with E-state index in [0.29, 0.717) is 24.5 Å². The molecule has 7 heteroatoms. The lowest BCUT2D eigenvalue weighted by atomic mass is 9.81. The van der Waals surface area contributed by atoms with E-state index in [1.165, 1.54) is 0 Å². The van der Waals surface area contributed by atoms with Crippen molar-refractivity contribution in [2.45, 2.75) is 52.4 Å². The molecule has 0 spiro atoms. The highest BCUT2D eigenvalue weighted by Gasteiger charge is 2.30. The summed E-state index contributed by atoms with van der Waals surface area (Å²) in [4.78, 5) is 27.4. The van der Waals surface area contributed by atoms with Crippen molar-refractivity contribution in [2.24, 2.45) is 0 Å². The molecule has 0 saturated carbocycles. The summed E-state index contributed by atoms with van der Waals surface area (Å²) >= 11 is 11.1. The molecule has 1 amide bonds. The van der Waals surface area contributed by atoms with E-state index in [9.17, 15) is 14.7 Å². The zero-order valence-corrected chi connectivity index (χ0v) is 29.4. The number of carboxylic acid groups (broad SMARTS) is 1. The number of carbonyl (C=O) groups excluding carboxylic acids is 1. The summed E-state index contributed by atoms with van der Waals surface area (Å²) in [6.45, 7) is 12.8. The second kappa shape index (κ2) is 10.3. The molecule has 0 aliphatic heterocycles. The molecule has 0 aliphatic carbocycles. The molecule has 0 heterocycles. The molecule has 0 aliphatic rings. The van der Waals surface area contributed by atoms with Gasteiger partial charge in [-0.05, 0) is 109 Å². The normalized spacial score (nSPS) is 12.6. The lowest BCUT2D eigenvalue weighted by Gasteiger charge is -2.27. The fraction of sp³-hybridized carbons (Fsp3) is 0.222. The molecule has 218 valence electrons. The summed E-state index contributed by atoms with van der Waals surface area (Å²) in [5.41, 5.74) is 2.73. The van der Waals surface area contributed by atoms with Gasteiger partial charge in [0, 0.05) is 35.3 Å². The Bertz CT molecular complexity index is 2150. The maximum atomic E-state index is 14.5. The van der Waals surface area contributed by atoms with E-state index in [1.807, 2.05) is 24.3 Å². The molecular formula is C36H30Br3NO3. The van der Waals surface area contributed by atoms with Gasteiger partial charge in [0.2, 0.25) is 0 Å². The number of aromatic carboxylic acids is 1. The highest BCUT2D eigenvalue weighted by Crippen LogP contribution is 2.50. The number of hydrogen-bond acceptors (Lipinski definition) is 2. The Morgan fingerprint density at radius 1 is 0.674 bits per heavy atom. The van der Waals surface area contributed by atoms with E-state index >= 15 is 0 Å². The minimum atomic E-state index is -1.12. The van der Waals surface area contributed by atoms with Gasteiger partial charge in [-0.15, -0.1) is 0 Å². The molecule has 0 saturated heterocycles.